The van der Waals surface area contributed by atoms with E-state index in [0.29, 0.717) is 26.3 Å². The van der Waals surface area contributed by atoms with E-state index in [4.69, 9.17) is 14.5 Å². The van der Waals surface area contributed by atoms with Gasteiger partial charge < -0.3 is 35.0 Å². The number of guanidine groups is 1. The molecule has 2 fully saturated rings. The van der Waals surface area contributed by atoms with Crippen molar-refractivity contribution < 1.29 is 19.4 Å². The number of aliphatic imine (C=N–C) groups is 1. The maximum absolute atomic E-state index is 11.2. The smallest absolute Gasteiger partial charge is 0.407 e. The zero-order chi connectivity index (χ0) is 17.8. The molecule has 3 heterocycles. The summed E-state index contributed by atoms with van der Waals surface area (Å²) in [4.78, 5) is 19.6. The van der Waals surface area contributed by atoms with Crippen LogP contribution < -0.4 is 10.6 Å². The number of nitrogens with one attached hydrogen (secondary N) is 2. The number of methoxy groups -OCH3 is 1. The highest BCUT2D eigenvalue weighted by Crippen LogP contribution is 2.23. The standard InChI is InChI=1S/C15H24IN5O4/c1-24-13-11(16)12(17-10-3-2-4-21(9-10)15(22)23)18-14(19-13)20-5-7-25-8-6-20/h10,13,17H,2-9H2,1H3,(H,18,19)(H,22,23)/t10-,13?/m1/s1. The lowest BCUT2D eigenvalue weighted by Gasteiger charge is -2.36. The van der Waals surface area contributed by atoms with Crippen LogP contribution in [0.4, 0.5) is 4.79 Å². The maximum atomic E-state index is 11.2. The number of nitrogens with zero attached hydrogens (tertiary/aromatic N) is 3. The number of morpholine rings is 1. The molecule has 0 radical (unpaired) electrons. The number of carboxylic acid groups (broad SMARTS) is 1. The summed E-state index contributed by atoms with van der Waals surface area (Å²) < 4.78 is 11.9. The number of rotatable bonds is 3. The lowest BCUT2D eigenvalue weighted by molar-refractivity contribution is 0.0615. The van der Waals surface area contributed by atoms with Crippen LogP contribution in [0.25, 0.3) is 0 Å². The van der Waals surface area contributed by atoms with Crippen LogP contribution >= 0.6 is 22.6 Å². The van der Waals surface area contributed by atoms with E-state index in [0.717, 1.165) is 41.3 Å². The van der Waals surface area contributed by atoms with Crippen molar-refractivity contribution >= 4 is 34.6 Å². The SMILES string of the molecule is COC1NC(N2CCOCC2)=NC(N[C@@H]2CCCN(C(=O)O)C2)=C1I. The van der Waals surface area contributed by atoms with Crippen molar-refractivity contribution in [3.63, 3.8) is 0 Å². The Hall–Kier alpha value is -1.27. The van der Waals surface area contributed by atoms with Gasteiger partial charge in [-0.2, -0.15) is 4.99 Å². The largest absolute Gasteiger partial charge is 0.465 e. The van der Waals surface area contributed by atoms with Gasteiger partial charge in [-0.1, -0.05) is 0 Å². The van der Waals surface area contributed by atoms with Gasteiger partial charge in [0.2, 0.25) is 5.96 Å². The molecule has 3 N–H and O–H groups in total. The Morgan fingerprint density at radius 2 is 2.20 bits per heavy atom. The molecule has 140 valence electrons. The molecular weight excluding hydrogens is 441 g/mol. The van der Waals surface area contributed by atoms with E-state index in [1.807, 2.05) is 0 Å². The highest BCUT2D eigenvalue weighted by atomic mass is 127. The Bertz CT molecular complexity index is 564. The highest BCUT2D eigenvalue weighted by molar-refractivity contribution is 14.1. The Kier molecular flexibility index (Phi) is 6.23. The molecule has 0 aromatic heterocycles. The highest BCUT2D eigenvalue weighted by Gasteiger charge is 2.29. The predicted octanol–water partition coefficient (Wildman–Crippen LogP) is 0.586. The van der Waals surface area contributed by atoms with Crippen molar-refractivity contribution in [2.45, 2.75) is 25.1 Å². The molecule has 2 saturated heterocycles. The van der Waals surface area contributed by atoms with Gasteiger partial charge in [0.05, 0.1) is 16.8 Å². The van der Waals surface area contributed by atoms with Crippen molar-refractivity contribution in [3.8, 4) is 0 Å². The van der Waals surface area contributed by atoms with Gasteiger partial charge in [-0.25, -0.2) is 4.79 Å². The van der Waals surface area contributed by atoms with E-state index >= 15 is 0 Å². The number of likely N-dealkylation sites (tertiary alicyclic amines) is 1. The molecule has 0 saturated carbocycles. The summed E-state index contributed by atoms with van der Waals surface area (Å²) in [5.41, 5.74) is 0. The molecule has 3 aliphatic heterocycles. The first kappa shape index (κ1) is 18.5. The molecule has 9 nitrogen and oxygen atoms in total. The third kappa shape index (κ3) is 4.47. The first-order chi connectivity index (χ1) is 12.1. The molecule has 2 atom stereocenters. The van der Waals surface area contributed by atoms with Gasteiger partial charge in [0.25, 0.3) is 0 Å². The Balaban J connectivity index is 1.74. The summed E-state index contributed by atoms with van der Waals surface area (Å²) in [6.07, 6.45) is 0.634. The van der Waals surface area contributed by atoms with E-state index in [-0.39, 0.29) is 12.3 Å². The number of amides is 1. The van der Waals surface area contributed by atoms with Crippen LogP contribution in [0.2, 0.25) is 0 Å². The van der Waals surface area contributed by atoms with Gasteiger partial charge in [0, 0.05) is 39.3 Å². The number of piperidine rings is 1. The zero-order valence-electron chi connectivity index (χ0n) is 14.2. The van der Waals surface area contributed by atoms with Gasteiger partial charge in [-0.3, -0.25) is 0 Å². The number of ether oxygens (including phenoxy) is 2. The average Bonchev–Trinajstić information content (AvgIpc) is 2.64. The summed E-state index contributed by atoms with van der Waals surface area (Å²) in [5, 5.41) is 15.9. The number of carbonyl (C=O) groups is 1. The summed E-state index contributed by atoms with van der Waals surface area (Å²) in [6, 6.07) is 0.0508. The minimum atomic E-state index is -0.868. The van der Waals surface area contributed by atoms with Crippen LogP contribution in [0.15, 0.2) is 14.4 Å². The van der Waals surface area contributed by atoms with Gasteiger partial charge in [0.15, 0.2) is 6.23 Å². The summed E-state index contributed by atoms with van der Waals surface area (Å²) >= 11 is 2.23. The lowest BCUT2D eigenvalue weighted by Crippen LogP contribution is -2.54. The molecule has 0 aromatic carbocycles. The first-order valence-corrected chi connectivity index (χ1v) is 9.51. The molecule has 0 aliphatic carbocycles. The minimum absolute atomic E-state index is 0.0508. The monoisotopic (exact) mass is 465 g/mol. The lowest BCUT2D eigenvalue weighted by atomic mass is 10.1. The molecule has 1 unspecified atom stereocenters. The second-order valence-corrected chi connectivity index (χ2v) is 7.37. The van der Waals surface area contributed by atoms with Crippen LogP contribution in [0.5, 0.6) is 0 Å². The van der Waals surface area contributed by atoms with Crippen molar-refractivity contribution in [1.29, 1.82) is 0 Å². The Morgan fingerprint density at radius 3 is 2.88 bits per heavy atom. The maximum Gasteiger partial charge on any atom is 0.407 e. The third-order valence-corrected chi connectivity index (χ3v) is 5.59. The van der Waals surface area contributed by atoms with E-state index in [2.05, 4.69) is 38.1 Å². The quantitative estimate of drug-likeness (QED) is 0.525. The molecule has 3 rings (SSSR count). The minimum Gasteiger partial charge on any atom is -0.465 e. The Labute approximate surface area is 160 Å². The fraction of sp³-hybridized carbons (Fsp3) is 0.733. The van der Waals surface area contributed by atoms with Crippen molar-refractivity contribution in [1.82, 2.24) is 20.4 Å². The number of hydrogen-bond acceptors (Lipinski definition) is 7. The Morgan fingerprint density at radius 1 is 1.44 bits per heavy atom. The molecule has 0 spiro atoms. The van der Waals surface area contributed by atoms with Crippen molar-refractivity contribution in [2.75, 3.05) is 46.5 Å². The van der Waals surface area contributed by atoms with Crippen LogP contribution in [-0.4, -0.2) is 85.7 Å². The summed E-state index contributed by atoms with van der Waals surface area (Å²) in [7, 11) is 1.66. The number of hydrogen-bond donors (Lipinski definition) is 3. The number of halogens is 1. The fourth-order valence-corrected chi connectivity index (χ4v) is 3.85. The normalized spacial score (nSPS) is 27.7. The van der Waals surface area contributed by atoms with Gasteiger partial charge in [-0.05, 0) is 35.4 Å². The fourth-order valence-electron chi connectivity index (χ4n) is 3.16. The van der Waals surface area contributed by atoms with Crippen molar-refractivity contribution in [2.24, 2.45) is 4.99 Å². The van der Waals surface area contributed by atoms with Crippen LogP contribution in [0.1, 0.15) is 12.8 Å². The topological polar surface area (TPSA) is 98.7 Å². The van der Waals surface area contributed by atoms with Crippen LogP contribution in [-0.2, 0) is 9.47 Å². The molecular formula is C15H24IN5O4. The second-order valence-electron chi connectivity index (χ2n) is 6.20. The van der Waals surface area contributed by atoms with Gasteiger partial charge in [-0.15, -0.1) is 0 Å². The summed E-state index contributed by atoms with van der Waals surface area (Å²) in [6.45, 7) is 3.98. The molecule has 3 aliphatic rings. The zero-order valence-corrected chi connectivity index (χ0v) is 16.4. The van der Waals surface area contributed by atoms with Gasteiger partial charge in [0.1, 0.15) is 5.82 Å². The molecule has 10 heteroatoms. The summed E-state index contributed by atoms with van der Waals surface area (Å²) in [5.74, 6) is 1.52. The molecule has 25 heavy (non-hydrogen) atoms. The molecule has 1 amide bonds. The van der Waals surface area contributed by atoms with Crippen molar-refractivity contribution in [3.05, 3.63) is 9.40 Å². The van der Waals surface area contributed by atoms with Crippen LogP contribution in [0.3, 0.4) is 0 Å². The third-order valence-electron chi connectivity index (χ3n) is 4.51. The van der Waals surface area contributed by atoms with E-state index in [9.17, 15) is 9.90 Å². The molecule has 0 bridgehead atoms. The van der Waals surface area contributed by atoms with E-state index in [1.165, 1.54) is 4.90 Å². The van der Waals surface area contributed by atoms with Gasteiger partial charge >= 0.3 is 6.09 Å². The van der Waals surface area contributed by atoms with Crippen LogP contribution in [0, 0.1) is 0 Å². The first-order valence-electron chi connectivity index (χ1n) is 8.43. The molecule has 0 aromatic rings. The van der Waals surface area contributed by atoms with E-state index in [1.54, 1.807) is 7.11 Å². The van der Waals surface area contributed by atoms with E-state index < -0.39 is 6.09 Å². The predicted molar refractivity (Wildman–Crippen MR) is 101 cm³/mol. The average molecular weight is 465 g/mol. The second kappa shape index (κ2) is 8.41.